The minimum Gasteiger partial charge on any atom is -0.497 e. The van der Waals surface area contributed by atoms with Crippen molar-refractivity contribution in [3.63, 3.8) is 0 Å². The summed E-state index contributed by atoms with van der Waals surface area (Å²) in [6, 6.07) is 7.48. The fraction of sp³-hybridized carbons (Fsp3) is 0.476. The number of piperidine rings is 1. The molecule has 1 amide bonds. The van der Waals surface area contributed by atoms with E-state index >= 15 is 0 Å². The van der Waals surface area contributed by atoms with Gasteiger partial charge < -0.3 is 19.7 Å². The zero-order valence-corrected chi connectivity index (χ0v) is 17.0. The van der Waals surface area contributed by atoms with Crippen LogP contribution in [0.3, 0.4) is 0 Å². The number of methoxy groups -OCH3 is 2. The first kappa shape index (κ1) is 19.9. The predicted molar refractivity (Wildman–Crippen MR) is 109 cm³/mol. The van der Waals surface area contributed by atoms with Crippen LogP contribution in [0.1, 0.15) is 48.9 Å². The molecule has 1 aliphatic rings. The molecular weight excluding hydrogens is 356 g/mol. The Morgan fingerprint density at radius 2 is 2.04 bits per heavy atom. The zero-order chi connectivity index (χ0) is 20.1. The van der Waals surface area contributed by atoms with Gasteiger partial charge in [-0.05, 0) is 44.7 Å². The highest BCUT2D eigenvalue weighted by Gasteiger charge is 2.27. The van der Waals surface area contributed by atoms with E-state index in [9.17, 15) is 4.79 Å². The molecule has 1 saturated heterocycles. The Bertz CT molecular complexity index is 840. The number of anilines is 2. The second-order valence-electron chi connectivity index (χ2n) is 6.93. The smallest absolute Gasteiger partial charge is 0.272 e. The molecule has 0 aliphatic carbocycles. The number of amides is 1. The van der Waals surface area contributed by atoms with Crippen LogP contribution in [-0.2, 0) is 0 Å². The molecule has 0 spiro atoms. The third-order valence-electron chi connectivity index (χ3n) is 5.09. The third-order valence-corrected chi connectivity index (χ3v) is 5.09. The minimum absolute atomic E-state index is 0.0261. The van der Waals surface area contributed by atoms with Gasteiger partial charge in [-0.15, -0.1) is 0 Å². The standard InChI is InChI=1S/C21H28N4O3/c1-5-15-8-6-7-11-25(15)21(26)18-13-20(23-14(2)22-18)24-17-10-9-16(27-3)12-19(17)28-4/h9-10,12-13,15H,5-8,11H2,1-4H3,(H,22,23,24). The van der Waals surface area contributed by atoms with Crippen molar-refractivity contribution in [3.8, 4) is 11.5 Å². The van der Waals surface area contributed by atoms with Gasteiger partial charge in [0.15, 0.2) is 0 Å². The van der Waals surface area contributed by atoms with Gasteiger partial charge in [0.1, 0.15) is 28.8 Å². The number of likely N-dealkylation sites (tertiary alicyclic amines) is 1. The van der Waals surface area contributed by atoms with Crippen molar-refractivity contribution < 1.29 is 14.3 Å². The van der Waals surface area contributed by atoms with Crippen molar-refractivity contribution in [3.05, 3.63) is 35.8 Å². The first-order valence-corrected chi connectivity index (χ1v) is 9.71. The second kappa shape index (κ2) is 8.91. The lowest BCUT2D eigenvalue weighted by molar-refractivity contribution is 0.0601. The van der Waals surface area contributed by atoms with Gasteiger partial charge in [-0.3, -0.25) is 4.79 Å². The third kappa shape index (κ3) is 4.35. The lowest BCUT2D eigenvalue weighted by Gasteiger charge is -2.35. The molecule has 1 aliphatic heterocycles. The summed E-state index contributed by atoms with van der Waals surface area (Å²) in [6.07, 6.45) is 4.24. The average molecular weight is 384 g/mol. The van der Waals surface area contributed by atoms with E-state index in [1.807, 2.05) is 17.0 Å². The number of ether oxygens (including phenoxy) is 2. The van der Waals surface area contributed by atoms with Crippen LogP contribution in [0.15, 0.2) is 24.3 Å². The number of nitrogens with zero attached hydrogens (tertiary/aromatic N) is 3. The number of nitrogens with one attached hydrogen (secondary N) is 1. The number of hydrogen-bond donors (Lipinski definition) is 1. The van der Waals surface area contributed by atoms with Crippen molar-refractivity contribution in [2.75, 3.05) is 26.1 Å². The van der Waals surface area contributed by atoms with Gasteiger partial charge in [0.25, 0.3) is 5.91 Å². The zero-order valence-electron chi connectivity index (χ0n) is 17.0. The highest BCUT2D eigenvalue weighted by atomic mass is 16.5. The topological polar surface area (TPSA) is 76.6 Å². The maximum absolute atomic E-state index is 13.1. The van der Waals surface area contributed by atoms with Gasteiger partial charge in [-0.1, -0.05) is 6.92 Å². The fourth-order valence-electron chi connectivity index (χ4n) is 3.62. The van der Waals surface area contributed by atoms with Crippen molar-refractivity contribution in [1.29, 1.82) is 0 Å². The van der Waals surface area contributed by atoms with Crippen LogP contribution in [0, 0.1) is 6.92 Å². The van der Waals surface area contributed by atoms with Crippen LogP contribution in [0.5, 0.6) is 11.5 Å². The Balaban J connectivity index is 1.86. The van der Waals surface area contributed by atoms with Crippen LogP contribution in [-0.4, -0.2) is 47.6 Å². The molecule has 1 aromatic heterocycles. The number of hydrogen-bond acceptors (Lipinski definition) is 6. The maximum Gasteiger partial charge on any atom is 0.272 e. The van der Waals surface area contributed by atoms with Crippen LogP contribution < -0.4 is 14.8 Å². The SMILES string of the molecule is CCC1CCCCN1C(=O)c1cc(Nc2ccc(OC)cc2OC)nc(C)n1. The van der Waals surface area contributed by atoms with Crippen molar-refractivity contribution >= 4 is 17.4 Å². The van der Waals surface area contributed by atoms with Gasteiger partial charge in [-0.2, -0.15) is 0 Å². The summed E-state index contributed by atoms with van der Waals surface area (Å²) in [6.45, 7) is 4.71. The van der Waals surface area contributed by atoms with Crippen molar-refractivity contribution in [2.24, 2.45) is 0 Å². The Morgan fingerprint density at radius 3 is 2.75 bits per heavy atom. The molecule has 3 rings (SSSR count). The summed E-state index contributed by atoms with van der Waals surface area (Å²) in [4.78, 5) is 23.9. The number of aromatic nitrogens is 2. The molecule has 1 N–H and O–H groups in total. The largest absolute Gasteiger partial charge is 0.497 e. The quantitative estimate of drug-likeness (QED) is 0.813. The molecule has 1 aromatic carbocycles. The monoisotopic (exact) mass is 384 g/mol. The van der Waals surface area contributed by atoms with Crippen LogP contribution in [0.25, 0.3) is 0 Å². The normalized spacial score (nSPS) is 16.6. The molecule has 1 atom stereocenters. The molecule has 0 saturated carbocycles. The van der Waals surface area contributed by atoms with E-state index in [0.29, 0.717) is 28.8 Å². The first-order chi connectivity index (χ1) is 13.5. The average Bonchev–Trinajstić information content (AvgIpc) is 2.73. The van der Waals surface area contributed by atoms with E-state index in [0.717, 1.165) is 31.5 Å². The summed E-state index contributed by atoms with van der Waals surface area (Å²) in [5, 5.41) is 3.24. The fourth-order valence-corrected chi connectivity index (χ4v) is 3.62. The Morgan fingerprint density at radius 1 is 1.21 bits per heavy atom. The van der Waals surface area contributed by atoms with E-state index in [-0.39, 0.29) is 11.9 Å². The van der Waals surface area contributed by atoms with E-state index < -0.39 is 0 Å². The van der Waals surface area contributed by atoms with Crippen LogP contribution in [0.4, 0.5) is 11.5 Å². The van der Waals surface area contributed by atoms with Crippen LogP contribution in [0.2, 0.25) is 0 Å². The first-order valence-electron chi connectivity index (χ1n) is 9.71. The molecule has 1 fully saturated rings. The van der Waals surface area contributed by atoms with Gasteiger partial charge in [0.2, 0.25) is 0 Å². The van der Waals surface area contributed by atoms with Crippen molar-refractivity contribution in [2.45, 2.75) is 45.6 Å². The molecular formula is C21H28N4O3. The lowest BCUT2D eigenvalue weighted by Crippen LogP contribution is -2.43. The van der Waals surface area contributed by atoms with E-state index in [1.165, 1.54) is 6.42 Å². The Kier molecular flexibility index (Phi) is 6.34. The number of benzene rings is 1. The second-order valence-corrected chi connectivity index (χ2v) is 6.93. The van der Waals surface area contributed by atoms with Crippen LogP contribution >= 0.6 is 0 Å². The highest BCUT2D eigenvalue weighted by molar-refractivity contribution is 5.93. The van der Waals surface area contributed by atoms with Gasteiger partial charge >= 0.3 is 0 Å². The van der Waals surface area contributed by atoms with Gasteiger partial charge in [-0.25, -0.2) is 9.97 Å². The minimum atomic E-state index is -0.0261. The van der Waals surface area contributed by atoms with Crippen molar-refractivity contribution in [1.82, 2.24) is 14.9 Å². The summed E-state index contributed by atoms with van der Waals surface area (Å²) in [5.41, 5.74) is 1.16. The lowest BCUT2D eigenvalue weighted by atomic mass is 9.99. The van der Waals surface area contributed by atoms with E-state index in [4.69, 9.17) is 9.47 Å². The summed E-state index contributed by atoms with van der Waals surface area (Å²) in [7, 11) is 3.21. The summed E-state index contributed by atoms with van der Waals surface area (Å²) >= 11 is 0. The molecule has 28 heavy (non-hydrogen) atoms. The van der Waals surface area contributed by atoms with E-state index in [1.54, 1.807) is 33.3 Å². The molecule has 7 heteroatoms. The molecule has 7 nitrogen and oxygen atoms in total. The molecule has 2 aromatic rings. The summed E-state index contributed by atoms with van der Waals surface area (Å²) in [5.74, 6) is 2.41. The van der Waals surface area contributed by atoms with Gasteiger partial charge in [0, 0.05) is 24.7 Å². The number of rotatable bonds is 6. The Labute approximate surface area is 166 Å². The molecule has 2 heterocycles. The maximum atomic E-state index is 13.1. The molecule has 1 unspecified atom stereocenters. The summed E-state index contributed by atoms with van der Waals surface area (Å²) < 4.78 is 10.7. The molecule has 150 valence electrons. The Hall–Kier alpha value is -2.83. The highest BCUT2D eigenvalue weighted by Crippen LogP contribution is 2.31. The van der Waals surface area contributed by atoms with E-state index in [2.05, 4.69) is 22.2 Å². The number of carbonyl (C=O) groups is 1. The number of aryl methyl sites for hydroxylation is 1. The number of carbonyl (C=O) groups excluding carboxylic acids is 1. The molecule has 0 bridgehead atoms. The predicted octanol–water partition coefficient (Wildman–Crippen LogP) is 3.95. The van der Waals surface area contributed by atoms with Gasteiger partial charge in [0.05, 0.1) is 19.9 Å². The molecule has 0 radical (unpaired) electrons.